The molecule has 0 radical (unpaired) electrons. The van der Waals surface area contributed by atoms with E-state index in [2.05, 4.69) is 4.37 Å². The number of ether oxygens (including phenoxy) is 1. The number of carboxylic acids is 1. The van der Waals surface area contributed by atoms with Gasteiger partial charge in [0.25, 0.3) is 0 Å². The standard InChI is InChI=1S/C11H10ClNO3S/c1-2-8(11(14)15)16-10-7-5-6(12)3-4-9(7)17-13-10/h3-5,8H,2H2,1H3,(H,14,15). The normalized spacial score (nSPS) is 12.6. The number of hydrogen-bond acceptors (Lipinski definition) is 4. The van der Waals surface area contributed by atoms with Gasteiger partial charge in [0.05, 0.1) is 10.1 Å². The zero-order chi connectivity index (χ0) is 12.4. The first-order chi connectivity index (χ1) is 8.11. The average molecular weight is 272 g/mol. The number of aliphatic carboxylic acids is 1. The van der Waals surface area contributed by atoms with Crippen LogP contribution in [0.3, 0.4) is 0 Å². The Bertz CT molecular complexity index is 555. The van der Waals surface area contributed by atoms with Crippen molar-refractivity contribution in [3.8, 4) is 5.88 Å². The van der Waals surface area contributed by atoms with Crippen LogP contribution in [0.4, 0.5) is 0 Å². The maximum absolute atomic E-state index is 10.9. The van der Waals surface area contributed by atoms with Gasteiger partial charge < -0.3 is 9.84 Å². The zero-order valence-electron chi connectivity index (χ0n) is 9.01. The van der Waals surface area contributed by atoms with E-state index in [4.69, 9.17) is 21.4 Å². The second-order valence-corrected chi connectivity index (χ2v) is 4.72. The molecule has 90 valence electrons. The van der Waals surface area contributed by atoms with Gasteiger partial charge in [-0.1, -0.05) is 18.5 Å². The van der Waals surface area contributed by atoms with E-state index in [0.717, 1.165) is 10.1 Å². The fraction of sp³-hybridized carbons (Fsp3) is 0.273. The van der Waals surface area contributed by atoms with Gasteiger partial charge in [-0.2, -0.15) is 4.37 Å². The number of aromatic nitrogens is 1. The smallest absolute Gasteiger partial charge is 0.344 e. The van der Waals surface area contributed by atoms with E-state index in [1.165, 1.54) is 11.5 Å². The van der Waals surface area contributed by atoms with Crippen LogP contribution in [0.2, 0.25) is 5.02 Å². The lowest BCUT2D eigenvalue weighted by Gasteiger charge is -2.10. The van der Waals surface area contributed by atoms with Gasteiger partial charge in [0.1, 0.15) is 0 Å². The molecule has 0 spiro atoms. The minimum Gasteiger partial charge on any atom is -0.479 e. The minimum atomic E-state index is -0.990. The topological polar surface area (TPSA) is 59.4 Å². The van der Waals surface area contributed by atoms with E-state index in [9.17, 15) is 4.79 Å². The van der Waals surface area contributed by atoms with Crippen LogP contribution in [0.15, 0.2) is 18.2 Å². The molecule has 1 aromatic carbocycles. The van der Waals surface area contributed by atoms with Crippen LogP contribution >= 0.6 is 23.1 Å². The monoisotopic (exact) mass is 271 g/mol. The fourth-order valence-electron chi connectivity index (χ4n) is 1.42. The molecule has 0 aliphatic heterocycles. The van der Waals surface area contributed by atoms with E-state index >= 15 is 0 Å². The Hall–Kier alpha value is -1.33. The van der Waals surface area contributed by atoms with Gasteiger partial charge in [0.2, 0.25) is 5.88 Å². The van der Waals surface area contributed by atoms with E-state index < -0.39 is 12.1 Å². The molecule has 17 heavy (non-hydrogen) atoms. The molecule has 1 atom stereocenters. The Kier molecular flexibility index (Phi) is 3.49. The Morgan fingerprint density at radius 3 is 3.06 bits per heavy atom. The molecule has 0 saturated carbocycles. The van der Waals surface area contributed by atoms with E-state index in [-0.39, 0.29) is 0 Å². The van der Waals surface area contributed by atoms with Gasteiger partial charge >= 0.3 is 5.97 Å². The lowest BCUT2D eigenvalue weighted by Crippen LogP contribution is -2.26. The summed E-state index contributed by atoms with van der Waals surface area (Å²) >= 11 is 7.15. The highest BCUT2D eigenvalue weighted by atomic mass is 35.5. The summed E-state index contributed by atoms with van der Waals surface area (Å²) in [4.78, 5) is 10.9. The maximum atomic E-state index is 10.9. The number of benzene rings is 1. The fourth-order valence-corrected chi connectivity index (χ4v) is 2.29. The second-order valence-electron chi connectivity index (χ2n) is 3.48. The Morgan fingerprint density at radius 2 is 2.41 bits per heavy atom. The summed E-state index contributed by atoms with van der Waals surface area (Å²) in [5.41, 5.74) is 0. The van der Waals surface area contributed by atoms with Gasteiger partial charge in [0, 0.05) is 5.02 Å². The van der Waals surface area contributed by atoms with Gasteiger partial charge in [-0.25, -0.2) is 4.79 Å². The van der Waals surface area contributed by atoms with Gasteiger partial charge in [-0.15, -0.1) is 0 Å². The highest BCUT2D eigenvalue weighted by Crippen LogP contribution is 2.31. The van der Waals surface area contributed by atoms with Crippen LogP contribution in [-0.2, 0) is 4.79 Å². The molecular weight excluding hydrogens is 262 g/mol. The van der Waals surface area contributed by atoms with Crippen LogP contribution in [0.5, 0.6) is 5.88 Å². The molecule has 1 aromatic heterocycles. The number of carbonyl (C=O) groups is 1. The number of fused-ring (bicyclic) bond motifs is 1. The average Bonchev–Trinajstić information content (AvgIpc) is 2.68. The first-order valence-electron chi connectivity index (χ1n) is 5.06. The minimum absolute atomic E-state index is 0.335. The molecule has 0 saturated heterocycles. The predicted octanol–water partition coefficient (Wildman–Crippen LogP) is 3.19. The maximum Gasteiger partial charge on any atom is 0.344 e. The predicted molar refractivity (Wildman–Crippen MR) is 67.0 cm³/mol. The number of hydrogen-bond donors (Lipinski definition) is 1. The molecule has 0 amide bonds. The van der Waals surface area contributed by atoms with Crippen LogP contribution in [-0.4, -0.2) is 21.6 Å². The highest BCUT2D eigenvalue weighted by Gasteiger charge is 2.19. The lowest BCUT2D eigenvalue weighted by atomic mass is 10.2. The summed E-state index contributed by atoms with van der Waals surface area (Å²) in [5.74, 6) is -0.655. The van der Waals surface area contributed by atoms with Crippen molar-refractivity contribution in [3.63, 3.8) is 0 Å². The molecule has 1 N–H and O–H groups in total. The molecule has 0 fully saturated rings. The first-order valence-corrected chi connectivity index (χ1v) is 6.21. The molecule has 4 nitrogen and oxygen atoms in total. The Labute approximate surface area is 107 Å². The Morgan fingerprint density at radius 1 is 1.65 bits per heavy atom. The van der Waals surface area contributed by atoms with E-state index in [1.54, 1.807) is 19.1 Å². The summed E-state index contributed by atoms with van der Waals surface area (Å²) in [7, 11) is 0. The van der Waals surface area contributed by atoms with Gasteiger partial charge in [0.15, 0.2) is 6.10 Å². The van der Waals surface area contributed by atoms with Crippen molar-refractivity contribution in [2.45, 2.75) is 19.4 Å². The molecular formula is C11H10ClNO3S. The molecule has 2 rings (SSSR count). The van der Waals surface area contributed by atoms with Crippen molar-refractivity contribution < 1.29 is 14.6 Å². The molecule has 1 heterocycles. The third kappa shape index (κ3) is 2.50. The van der Waals surface area contributed by atoms with Crippen LogP contribution in [0.25, 0.3) is 10.1 Å². The van der Waals surface area contributed by atoms with Gasteiger partial charge in [-0.05, 0) is 36.2 Å². The number of halogens is 1. The van der Waals surface area contributed by atoms with E-state index in [1.807, 2.05) is 6.07 Å². The summed E-state index contributed by atoms with van der Waals surface area (Å²) in [6.07, 6.45) is -0.492. The number of carboxylic acid groups (broad SMARTS) is 1. The first kappa shape index (κ1) is 12.1. The molecule has 0 bridgehead atoms. The molecule has 6 heteroatoms. The quantitative estimate of drug-likeness (QED) is 0.928. The third-order valence-electron chi connectivity index (χ3n) is 2.30. The van der Waals surface area contributed by atoms with Gasteiger partial charge in [-0.3, -0.25) is 0 Å². The third-order valence-corrected chi connectivity index (χ3v) is 3.34. The molecule has 0 aliphatic carbocycles. The number of nitrogens with zero attached hydrogens (tertiary/aromatic N) is 1. The summed E-state index contributed by atoms with van der Waals surface area (Å²) in [5, 5.41) is 10.3. The van der Waals surface area contributed by atoms with Crippen LogP contribution < -0.4 is 4.74 Å². The van der Waals surface area contributed by atoms with Crippen molar-refractivity contribution >= 4 is 39.2 Å². The second kappa shape index (κ2) is 4.89. The van der Waals surface area contributed by atoms with Crippen molar-refractivity contribution in [1.29, 1.82) is 0 Å². The zero-order valence-corrected chi connectivity index (χ0v) is 10.6. The van der Waals surface area contributed by atoms with Crippen LogP contribution in [0, 0.1) is 0 Å². The summed E-state index contributed by atoms with van der Waals surface area (Å²) in [6, 6.07) is 5.33. The molecule has 1 unspecified atom stereocenters. The van der Waals surface area contributed by atoms with E-state index in [0.29, 0.717) is 17.3 Å². The lowest BCUT2D eigenvalue weighted by molar-refractivity contribution is -0.145. The largest absolute Gasteiger partial charge is 0.479 e. The Balaban J connectivity index is 2.35. The SMILES string of the molecule is CCC(Oc1nsc2ccc(Cl)cc12)C(=O)O. The van der Waals surface area contributed by atoms with Crippen molar-refractivity contribution in [3.05, 3.63) is 23.2 Å². The van der Waals surface area contributed by atoms with Crippen molar-refractivity contribution in [2.75, 3.05) is 0 Å². The highest BCUT2D eigenvalue weighted by molar-refractivity contribution is 7.13. The summed E-state index contributed by atoms with van der Waals surface area (Å²) in [6.45, 7) is 1.75. The molecule has 2 aromatic rings. The van der Waals surface area contributed by atoms with Crippen molar-refractivity contribution in [1.82, 2.24) is 4.37 Å². The molecule has 0 aliphatic rings. The summed E-state index contributed by atoms with van der Waals surface area (Å²) < 4.78 is 10.4. The van der Waals surface area contributed by atoms with Crippen molar-refractivity contribution in [2.24, 2.45) is 0 Å². The van der Waals surface area contributed by atoms with Crippen LogP contribution in [0.1, 0.15) is 13.3 Å². The number of rotatable bonds is 4.